The van der Waals surface area contributed by atoms with Crippen LogP contribution in [-0.4, -0.2) is 18.3 Å². The first-order chi connectivity index (χ1) is 8.04. The Morgan fingerprint density at radius 1 is 1.29 bits per heavy atom. The molecule has 2 nitrogen and oxygen atoms in total. The third-order valence-corrected chi connectivity index (χ3v) is 2.70. The van der Waals surface area contributed by atoms with E-state index in [4.69, 9.17) is 4.74 Å². The average molecular weight is 234 g/mol. The Morgan fingerprint density at radius 3 is 2.53 bits per heavy atom. The second kappa shape index (κ2) is 6.45. The molecule has 0 radical (unpaired) electrons. The van der Waals surface area contributed by atoms with Gasteiger partial charge in [0, 0.05) is 5.56 Å². The zero-order valence-electron chi connectivity index (χ0n) is 11.1. The highest BCUT2D eigenvalue weighted by atomic mass is 16.5. The lowest BCUT2D eigenvalue weighted by atomic mass is 10.00. The lowest BCUT2D eigenvalue weighted by Crippen LogP contribution is -1.96. The summed E-state index contributed by atoms with van der Waals surface area (Å²) in [6.45, 7) is 6.13. The highest BCUT2D eigenvalue weighted by Crippen LogP contribution is 2.25. The van der Waals surface area contributed by atoms with Gasteiger partial charge in [0.1, 0.15) is 5.75 Å². The Labute approximate surface area is 104 Å². The van der Waals surface area contributed by atoms with Crippen LogP contribution < -0.4 is 4.74 Å². The van der Waals surface area contributed by atoms with E-state index >= 15 is 0 Å². The molecule has 0 aliphatic rings. The van der Waals surface area contributed by atoms with Gasteiger partial charge in [0.05, 0.1) is 13.2 Å². The number of hydrogen-bond acceptors (Lipinski definition) is 2. The van der Waals surface area contributed by atoms with Gasteiger partial charge in [-0.3, -0.25) is 0 Å². The summed E-state index contributed by atoms with van der Waals surface area (Å²) in [5.41, 5.74) is 2.36. The van der Waals surface area contributed by atoms with Crippen LogP contribution in [0.3, 0.4) is 0 Å². The molecule has 1 N–H and O–H groups in total. The molecule has 0 amide bonds. The number of aliphatic hydroxyl groups excluding tert-OH is 1. The Hall–Kier alpha value is -1.28. The van der Waals surface area contributed by atoms with E-state index in [9.17, 15) is 5.11 Å². The molecule has 0 heterocycles. The van der Waals surface area contributed by atoms with E-state index in [0.29, 0.717) is 12.3 Å². The number of methoxy groups -OCH3 is 1. The number of benzene rings is 1. The van der Waals surface area contributed by atoms with Gasteiger partial charge in [-0.15, -0.1) is 0 Å². The van der Waals surface area contributed by atoms with Crippen LogP contribution in [-0.2, 0) is 0 Å². The smallest absolute Gasteiger partial charge is 0.126 e. The van der Waals surface area contributed by atoms with Gasteiger partial charge in [-0.25, -0.2) is 0 Å². The highest BCUT2D eigenvalue weighted by Gasteiger charge is 2.04. The summed E-state index contributed by atoms with van der Waals surface area (Å²) in [4.78, 5) is 0. The van der Waals surface area contributed by atoms with Crippen LogP contribution in [0.5, 0.6) is 5.75 Å². The maximum atomic E-state index is 9.22. The summed E-state index contributed by atoms with van der Waals surface area (Å²) in [7, 11) is 1.68. The predicted molar refractivity (Wildman–Crippen MR) is 72.4 cm³/mol. The lowest BCUT2D eigenvalue weighted by Gasteiger charge is -2.10. The Bertz CT molecular complexity index is 379. The molecule has 0 aliphatic carbocycles. The van der Waals surface area contributed by atoms with Crippen molar-refractivity contribution in [3.05, 3.63) is 35.4 Å². The number of ether oxygens (including phenoxy) is 1. The molecule has 0 aliphatic heterocycles. The molecule has 1 atom stereocenters. The number of hydrogen-bond donors (Lipinski definition) is 1. The van der Waals surface area contributed by atoms with E-state index in [2.05, 4.69) is 26.0 Å². The van der Waals surface area contributed by atoms with Gasteiger partial charge in [-0.2, -0.15) is 0 Å². The van der Waals surface area contributed by atoms with Crippen molar-refractivity contribution < 1.29 is 9.84 Å². The molecule has 1 rings (SSSR count). The van der Waals surface area contributed by atoms with Crippen LogP contribution in [0.1, 0.15) is 44.2 Å². The Kier molecular flexibility index (Phi) is 5.23. The summed E-state index contributed by atoms with van der Waals surface area (Å²) in [5, 5.41) is 9.22. The van der Waals surface area contributed by atoms with Crippen molar-refractivity contribution in [1.29, 1.82) is 0 Å². The molecular formula is C15H22O2. The molecule has 0 aromatic heterocycles. The standard InChI is InChI=1S/C15H22O2/c1-11(2)13-8-9-15(17-4)14(10-13)7-5-6-12(3)16/h5,7-12,16H,6H2,1-4H3/t12-/m0/s1. The number of aliphatic hydroxyl groups is 1. The molecule has 0 saturated carbocycles. The van der Waals surface area contributed by atoms with Crippen LogP contribution in [0.15, 0.2) is 24.3 Å². The Balaban J connectivity index is 2.94. The fraction of sp³-hybridized carbons (Fsp3) is 0.467. The monoisotopic (exact) mass is 234 g/mol. The molecule has 0 bridgehead atoms. The van der Waals surface area contributed by atoms with Crippen molar-refractivity contribution in [1.82, 2.24) is 0 Å². The van der Waals surface area contributed by atoms with Crippen LogP contribution in [0.4, 0.5) is 0 Å². The first kappa shape index (κ1) is 13.8. The molecule has 0 fully saturated rings. The molecule has 0 saturated heterocycles. The second-order valence-corrected chi connectivity index (χ2v) is 4.64. The van der Waals surface area contributed by atoms with E-state index < -0.39 is 0 Å². The van der Waals surface area contributed by atoms with E-state index in [1.54, 1.807) is 14.0 Å². The fourth-order valence-electron chi connectivity index (χ4n) is 1.63. The van der Waals surface area contributed by atoms with Gasteiger partial charge < -0.3 is 9.84 Å². The van der Waals surface area contributed by atoms with Crippen molar-refractivity contribution in [3.8, 4) is 5.75 Å². The maximum Gasteiger partial charge on any atom is 0.126 e. The van der Waals surface area contributed by atoms with Gasteiger partial charge in [0.15, 0.2) is 0 Å². The second-order valence-electron chi connectivity index (χ2n) is 4.64. The third kappa shape index (κ3) is 4.23. The molecular weight excluding hydrogens is 212 g/mol. The van der Waals surface area contributed by atoms with E-state index in [1.807, 2.05) is 18.2 Å². The van der Waals surface area contributed by atoms with Crippen LogP contribution in [0, 0.1) is 0 Å². The van der Waals surface area contributed by atoms with Crippen LogP contribution >= 0.6 is 0 Å². The zero-order valence-corrected chi connectivity index (χ0v) is 11.1. The highest BCUT2D eigenvalue weighted by molar-refractivity contribution is 5.58. The van der Waals surface area contributed by atoms with Crippen molar-refractivity contribution in [2.45, 2.75) is 39.2 Å². The minimum absolute atomic E-state index is 0.300. The fourth-order valence-corrected chi connectivity index (χ4v) is 1.63. The van der Waals surface area contributed by atoms with Crippen molar-refractivity contribution >= 4 is 6.08 Å². The normalized spacial score (nSPS) is 13.3. The SMILES string of the molecule is COc1ccc(C(C)C)cc1C=CC[C@H](C)O. The average Bonchev–Trinajstić information content (AvgIpc) is 2.28. The van der Waals surface area contributed by atoms with Gasteiger partial charge in [-0.05, 0) is 37.0 Å². The molecule has 94 valence electrons. The number of rotatable bonds is 5. The van der Waals surface area contributed by atoms with Crippen molar-refractivity contribution in [2.24, 2.45) is 0 Å². The molecule has 1 aromatic carbocycles. The molecule has 1 aromatic rings. The summed E-state index contributed by atoms with van der Waals surface area (Å²) >= 11 is 0. The van der Waals surface area contributed by atoms with Crippen molar-refractivity contribution in [2.75, 3.05) is 7.11 Å². The van der Waals surface area contributed by atoms with Gasteiger partial charge in [0.2, 0.25) is 0 Å². The molecule has 2 heteroatoms. The maximum absolute atomic E-state index is 9.22. The summed E-state index contributed by atoms with van der Waals surface area (Å²) in [6, 6.07) is 6.23. The van der Waals surface area contributed by atoms with E-state index in [1.165, 1.54) is 5.56 Å². The van der Waals surface area contributed by atoms with Gasteiger partial charge in [0.25, 0.3) is 0 Å². The third-order valence-electron chi connectivity index (χ3n) is 2.70. The summed E-state index contributed by atoms with van der Waals surface area (Å²) in [5.74, 6) is 1.38. The quantitative estimate of drug-likeness (QED) is 0.843. The van der Waals surface area contributed by atoms with Crippen molar-refractivity contribution in [3.63, 3.8) is 0 Å². The van der Waals surface area contributed by atoms with Crippen LogP contribution in [0.25, 0.3) is 6.08 Å². The minimum atomic E-state index is -0.300. The van der Waals surface area contributed by atoms with E-state index in [0.717, 1.165) is 11.3 Å². The Morgan fingerprint density at radius 2 is 2.00 bits per heavy atom. The largest absolute Gasteiger partial charge is 0.496 e. The lowest BCUT2D eigenvalue weighted by molar-refractivity contribution is 0.199. The van der Waals surface area contributed by atoms with E-state index in [-0.39, 0.29) is 6.10 Å². The minimum Gasteiger partial charge on any atom is -0.496 e. The molecule has 0 unspecified atom stereocenters. The van der Waals surface area contributed by atoms with Gasteiger partial charge >= 0.3 is 0 Å². The first-order valence-electron chi connectivity index (χ1n) is 6.07. The van der Waals surface area contributed by atoms with Crippen LogP contribution in [0.2, 0.25) is 0 Å². The zero-order chi connectivity index (χ0) is 12.8. The summed E-state index contributed by atoms with van der Waals surface area (Å²) < 4.78 is 5.32. The van der Waals surface area contributed by atoms with Gasteiger partial charge in [-0.1, -0.05) is 32.1 Å². The predicted octanol–water partition coefficient (Wildman–Crippen LogP) is 3.60. The molecule has 17 heavy (non-hydrogen) atoms. The topological polar surface area (TPSA) is 29.5 Å². The summed E-state index contributed by atoms with van der Waals surface area (Å²) in [6.07, 6.45) is 4.35. The first-order valence-corrected chi connectivity index (χ1v) is 6.07. The molecule has 0 spiro atoms.